The molecule has 2 heterocycles. The number of carbonyl (C=O) groups is 2. The molecule has 2 aromatic heterocycles. The Labute approximate surface area is 154 Å². The quantitative estimate of drug-likeness (QED) is 0.680. The van der Waals surface area contributed by atoms with Crippen molar-refractivity contribution in [2.75, 3.05) is 0 Å². The minimum absolute atomic E-state index is 0.194. The maximum Gasteiger partial charge on any atom is 0.269 e. The Morgan fingerprint density at radius 3 is 2.81 bits per heavy atom. The fourth-order valence-electron chi connectivity index (χ4n) is 2.65. The SMILES string of the molecule is Cc1nc2ncnn2c(C)c1CCC(=O)NNC(=O)c1cccc(Cl)c1. The Hall–Kier alpha value is -3.00. The molecule has 0 radical (unpaired) electrons. The average molecular weight is 373 g/mol. The molecule has 3 aromatic rings. The molecule has 0 aliphatic carbocycles. The van der Waals surface area contributed by atoms with Crippen molar-refractivity contribution >= 4 is 29.2 Å². The molecule has 0 atom stereocenters. The Kier molecular flexibility index (Phi) is 5.13. The summed E-state index contributed by atoms with van der Waals surface area (Å²) in [6.07, 6.45) is 2.11. The highest BCUT2D eigenvalue weighted by molar-refractivity contribution is 6.30. The second-order valence-electron chi connectivity index (χ2n) is 5.75. The first-order chi connectivity index (χ1) is 12.5. The molecule has 0 fully saturated rings. The van der Waals surface area contributed by atoms with Crippen LogP contribution in [0.2, 0.25) is 5.02 Å². The lowest BCUT2D eigenvalue weighted by atomic mass is 10.1. The van der Waals surface area contributed by atoms with E-state index in [2.05, 4.69) is 25.9 Å². The highest BCUT2D eigenvalue weighted by Gasteiger charge is 2.13. The Bertz CT molecular complexity index is 985. The smallest absolute Gasteiger partial charge is 0.269 e. The molecule has 2 N–H and O–H groups in total. The van der Waals surface area contributed by atoms with Gasteiger partial charge in [0.2, 0.25) is 5.91 Å². The number of hydrogen-bond acceptors (Lipinski definition) is 5. The summed E-state index contributed by atoms with van der Waals surface area (Å²) in [5, 5.41) is 4.57. The van der Waals surface area contributed by atoms with E-state index in [1.54, 1.807) is 22.7 Å². The number of nitrogens with zero attached hydrogens (tertiary/aromatic N) is 4. The third-order valence-electron chi connectivity index (χ3n) is 3.99. The first-order valence-corrected chi connectivity index (χ1v) is 8.34. The summed E-state index contributed by atoms with van der Waals surface area (Å²) in [5.74, 6) is -0.209. The van der Waals surface area contributed by atoms with Crippen LogP contribution < -0.4 is 10.9 Å². The zero-order valence-electron chi connectivity index (χ0n) is 14.3. The first kappa shape index (κ1) is 17.8. The Balaban J connectivity index is 1.58. The van der Waals surface area contributed by atoms with Crippen molar-refractivity contribution in [3.8, 4) is 0 Å². The van der Waals surface area contributed by atoms with Crippen molar-refractivity contribution in [3.63, 3.8) is 0 Å². The van der Waals surface area contributed by atoms with Crippen LogP contribution in [0.1, 0.15) is 33.7 Å². The lowest BCUT2D eigenvalue weighted by Crippen LogP contribution is -2.41. The number of carbonyl (C=O) groups excluding carboxylic acids is 2. The van der Waals surface area contributed by atoms with Crippen molar-refractivity contribution in [2.45, 2.75) is 26.7 Å². The van der Waals surface area contributed by atoms with Crippen LogP contribution >= 0.6 is 11.6 Å². The van der Waals surface area contributed by atoms with Crippen LogP contribution in [-0.4, -0.2) is 31.4 Å². The topological polar surface area (TPSA) is 101 Å². The third-order valence-corrected chi connectivity index (χ3v) is 4.23. The molecule has 0 spiro atoms. The fraction of sp³-hybridized carbons (Fsp3) is 0.235. The molecule has 9 heteroatoms. The lowest BCUT2D eigenvalue weighted by Gasteiger charge is -2.11. The summed E-state index contributed by atoms with van der Waals surface area (Å²) < 4.78 is 1.64. The number of benzene rings is 1. The summed E-state index contributed by atoms with van der Waals surface area (Å²) >= 11 is 5.85. The summed E-state index contributed by atoms with van der Waals surface area (Å²) in [5.41, 5.74) is 7.77. The summed E-state index contributed by atoms with van der Waals surface area (Å²) in [6, 6.07) is 6.47. The minimum Gasteiger partial charge on any atom is -0.273 e. The van der Waals surface area contributed by atoms with E-state index in [4.69, 9.17) is 11.6 Å². The van der Waals surface area contributed by atoms with Crippen molar-refractivity contribution in [2.24, 2.45) is 0 Å². The number of hydrazine groups is 1. The van der Waals surface area contributed by atoms with Crippen LogP contribution in [0.4, 0.5) is 0 Å². The Morgan fingerprint density at radius 1 is 1.23 bits per heavy atom. The van der Waals surface area contributed by atoms with E-state index in [1.807, 2.05) is 13.8 Å². The third kappa shape index (κ3) is 3.80. The summed E-state index contributed by atoms with van der Waals surface area (Å²) in [7, 11) is 0. The molecule has 134 valence electrons. The number of aryl methyl sites for hydroxylation is 2. The number of halogens is 1. The van der Waals surface area contributed by atoms with Crippen molar-refractivity contribution in [1.29, 1.82) is 0 Å². The van der Waals surface area contributed by atoms with E-state index >= 15 is 0 Å². The van der Waals surface area contributed by atoms with Crippen LogP contribution in [-0.2, 0) is 11.2 Å². The number of aromatic nitrogens is 4. The second kappa shape index (κ2) is 7.49. The summed E-state index contributed by atoms with van der Waals surface area (Å²) in [4.78, 5) is 32.5. The predicted octanol–water partition coefficient (Wildman–Crippen LogP) is 1.79. The molecular formula is C17H17ClN6O2. The number of rotatable bonds is 4. The van der Waals surface area contributed by atoms with Gasteiger partial charge >= 0.3 is 0 Å². The molecule has 0 bridgehead atoms. The van der Waals surface area contributed by atoms with Gasteiger partial charge in [0.05, 0.1) is 0 Å². The van der Waals surface area contributed by atoms with E-state index in [0.29, 0.717) is 22.8 Å². The Morgan fingerprint density at radius 2 is 2.04 bits per heavy atom. The lowest BCUT2D eigenvalue weighted by molar-refractivity contribution is -0.121. The fourth-order valence-corrected chi connectivity index (χ4v) is 2.84. The molecule has 26 heavy (non-hydrogen) atoms. The minimum atomic E-state index is -0.432. The van der Waals surface area contributed by atoms with Crippen molar-refractivity contribution in [1.82, 2.24) is 30.4 Å². The van der Waals surface area contributed by atoms with E-state index in [-0.39, 0.29) is 12.3 Å². The largest absolute Gasteiger partial charge is 0.273 e. The number of amides is 2. The maximum atomic E-state index is 12.0. The number of hydrogen-bond donors (Lipinski definition) is 2. The normalized spacial score (nSPS) is 10.7. The zero-order valence-corrected chi connectivity index (χ0v) is 15.0. The number of nitrogens with one attached hydrogen (secondary N) is 2. The van der Waals surface area contributed by atoms with Crippen LogP contribution in [0.15, 0.2) is 30.6 Å². The molecule has 3 rings (SSSR count). The maximum absolute atomic E-state index is 12.0. The highest BCUT2D eigenvalue weighted by Crippen LogP contribution is 2.15. The molecule has 0 saturated carbocycles. The average Bonchev–Trinajstić information content (AvgIpc) is 3.08. The van der Waals surface area contributed by atoms with Crippen LogP contribution in [0.25, 0.3) is 5.78 Å². The van der Waals surface area contributed by atoms with Gasteiger partial charge in [0.25, 0.3) is 11.7 Å². The van der Waals surface area contributed by atoms with Gasteiger partial charge in [-0.15, -0.1) is 0 Å². The van der Waals surface area contributed by atoms with Gasteiger partial charge in [-0.05, 0) is 44.0 Å². The second-order valence-corrected chi connectivity index (χ2v) is 6.18. The first-order valence-electron chi connectivity index (χ1n) is 7.96. The standard InChI is InChI=1S/C17H17ClN6O2/c1-10-14(11(2)24-17(21-10)19-9-20-24)6-7-15(25)22-23-16(26)12-4-3-5-13(18)8-12/h3-5,8-9H,6-7H2,1-2H3,(H,22,25)(H,23,26). The molecule has 0 aliphatic rings. The van der Waals surface area contributed by atoms with Gasteiger partial charge in [0.1, 0.15) is 6.33 Å². The van der Waals surface area contributed by atoms with Gasteiger partial charge in [0.15, 0.2) is 0 Å². The van der Waals surface area contributed by atoms with Crippen LogP contribution in [0.3, 0.4) is 0 Å². The van der Waals surface area contributed by atoms with Gasteiger partial charge in [-0.25, -0.2) is 9.50 Å². The van der Waals surface area contributed by atoms with Gasteiger partial charge in [0, 0.05) is 28.4 Å². The number of fused-ring (bicyclic) bond motifs is 1. The van der Waals surface area contributed by atoms with E-state index in [9.17, 15) is 9.59 Å². The van der Waals surface area contributed by atoms with Gasteiger partial charge in [-0.2, -0.15) is 10.1 Å². The molecule has 0 aliphatic heterocycles. The predicted molar refractivity (Wildman–Crippen MR) is 95.6 cm³/mol. The molecule has 2 amide bonds. The zero-order chi connectivity index (χ0) is 18.7. The summed E-state index contributed by atoms with van der Waals surface area (Å²) in [6.45, 7) is 3.78. The van der Waals surface area contributed by atoms with Gasteiger partial charge in [-0.3, -0.25) is 20.4 Å². The van der Waals surface area contributed by atoms with Crippen LogP contribution in [0.5, 0.6) is 0 Å². The van der Waals surface area contributed by atoms with E-state index in [1.165, 1.54) is 12.4 Å². The molecule has 8 nitrogen and oxygen atoms in total. The van der Waals surface area contributed by atoms with Gasteiger partial charge in [-0.1, -0.05) is 17.7 Å². The molecule has 0 unspecified atom stereocenters. The van der Waals surface area contributed by atoms with Crippen LogP contribution in [0, 0.1) is 13.8 Å². The highest BCUT2D eigenvalue weighted by atomic mass is 35.5. The molecule has 1 aromatic carbocycles. The van der Waals surface area contributed by atoms with Crippen molar-refractivity contribution in [3.05, 3.63) is 58.1 Å². The van der Waals surface area contributed by atoms with Crippen molar-refractivity contribution < 1.29 is 9.59 Å². The van der Waals surface area contributed by atoms with E-state index < -0.39 is 5.91 Å². The van der Waals surface area contributed by atoms with Gasteiger partial charge < -0.3 is 0 Å². The molecule has 0 saturated heterocycles. The molecular weight excluding hydrogens is 356 g/mol. The van der Waals surface area contributed by atoms with E-state index in [0.717, 1.165) is 17.0 Å². The monoisotopic (exact) mass is 372 g/mol.